The lowest BCUT2D eigenvalue weighted by Crippen LogP contribution is -2.32. The van der Waals surface area contributed by atoms with Crippen molar-refractivity contribution in [2.45, 2.75) is 59.0 Å². The number of para-hydroxylation sites is 1. The van der Waals surface area contributed by atoms with E-state index < -0.39 is 6.10 Å². The maximum atomic E-state index is 12.7. The summed E-state index contributed by atoms with van der Waals surface area (Å²) in [5.74, 6) is 1.78. The van der Waals surface area contributed by atoms with E-state index in [1.165, 1.54) is 0 Å². The Morgan fingerprint density at radius 1 is 1.04 bits per heavy atom. The predicted molar refractivity (Wildman–Crippen MR) is 111 cm³/mol. The van der Waals surface area contributed by atoms with Crippen LogP contribution in [0.15, 0.2) is 48.5 Å². The first-order valence-electron chi connectivity index (χ1n) is 9.88. The van der Waals surface area contributed by atoms with Gasteiger partial charge >= 0.3 is 0 Å². The maximum Gasteiger partial charge on any atom is 0.265 e. The first kappa shape index (κ1) is 20.8. The molecule has 0 saturated carbocycles. The first-order valence-corrected chi connectivity index (χ1v) is 9.88. The highest BCUT2D eigenvalue weighted by Gasteiger charge is 2.21. The van der Waals surface area contributed by atoms with Crippen molar-refractivity contribution in [3.05, 3.63) is 54.1 Å². The fraction of sp³-hybridized carbons (Fsp3) is 0.435. The zero-order valence-corrected chi connectivity index (χ0v) is 16.8. The second kappa shape index (κ2) is 10.6. The smallest absolute Gasteiger partial charge is 0.265 e. The minimum atomic E-state index is -0.546. The topological polar surface area (TPSA) is 47.6 Å². The van der Waals surface area contributed by atoms with Gasteiger partial charge in [0.15, 0.2) is 6.10 Å². The van der Waals surface area contributed by atoms with E-state index in [4.69, 9.17) is 9.47 Å². The number of carbonyl (C=O) groups is 1. The fourth-order valence-corrected chi connectivity index (χ4v) is 2.80. The molecule has 0 radical (unpaired) electrons. The number of hydrogen-bond acceptors (Lipinski definition) is 3. The average molecular weight is 370 g/mol. The molecule has 2 atom stereocenters. The van der Waals surface area contributed by atoms with Gasteiger partial charge in [-0.2, -0.15) is 0 Å². The molecule has 2 aromatic carbocycles. The number of carbonyl (C=O) groups excluding carboxylic acids is 1. The average Bonchev–Trinajstić information content (AvgIpc) is 2.70. The van der Waals surface area contributed by atoms with Crippen molar-refractivity contribution in [3.63, 3.8) is 0 Å². The highest BCUT2D eigenvalue weighted by Crippen LogP contribution is 2.29. The van der Waals surface area contributed by atoms with E-state index >= 15 is 0 Å². The Bertz CT molecular complexity index is 729. The monoisotopic (exact) mass is 369 g/mol. The van der Waals surface area contributed by atoms with Crippen LogP contribution in [0, 0.1) is 0 Å². The summed E-state index contributed by atoms with van der Waals surface area (Å²) in [5, 5.41) is 2.95. The van der Waals surface area contributed by atoms with Crippen molar-refractivity contribution in [1.29, 1.82) is 0 Å². The summed E-state index contributed by atoms with van der Waals surface area (Å²) in [6, 6.07) is 15.4. The van der Waals surface area contributed by atoms with E-state index in [1.807, 2.05) is 49.4 Å². The van der Waals surface area contributed by atoms with Gasteiger partial charge in [0.05, 0.1) is 6.61 Å². The molecule has 2 rings (SSSR count). The molecule has 0 aromatic heterocycles. The summed E-state index contributed by atoms with van der Waals surface area (Å²) < 4.78 is 11.7. The van der Waals surface area contributed by atoms with Crippen molar-refractivity contribution in [2.75, 3.05) is 11.9 Å². The van der Waals surface area contributed by atoms with E-state index in [9.17, 15) is 4.79 Å². The van der Waals surface area contributed by atoms with Gasteiger partial charge in [0.25, 0.3) is 5.91 Å². The quantitative estimate of drug-likeness (QED) is 0.577. The van der Waals surface area contributed by atoms with Crippen LogP contribution in [0.1, 0.15) is 58.4 Å². The minimum Gasteiger partial charge on any atom is -0.494 e. The molecule has 1 N–H and O–H groups in total. The van der Waals surface area contributed by atoms with E-state index in [0.717, 1.165) is 29.9 Å². The number of ether oxygens (including phenoxy) is 2. The molecule has 0 heterocycles. The largest absolute Gasteiger partial charge is 0.494 e. The van der Waals surface area contributed by atoms with Gasteiger partial charge in [-0.1, -0.05) is 52.0 Å². The predicted octanol–water partition coefficient (Wildman–Crippen LogP) is 5.79. The SMILES string of the molecule is CCCOc1cccc(NC(=O)C(CC)Oc2ccccc2C(C)CC)c1. The van der Waals surface area contributed by atoms with E-state index in [1.54, 1.807) is 0 Å². The molecule has 0 aliphatic rings. The number of benzene rings is 2. The Morgan fingerprint density at radius 2 is 1.81 bits per heavy atom. The molecular weight excluding hydrogens is 338 g/mol. The molecule has 146 valence electrons. The van der Waals surface area contributed by atoms with Crippen molar-refractivity contribution >= 4 is 11.6 Å². The van der Waals surface area contributed by atoms with Crippen molar-refractivity contribution in [1.82, 2.24) is 0 Å². The second-order valence-electron chi connectivity index (χ2n) is 6.73. The highest BCUT2D eigenvalue weighted by atomic mass is 16.5. The van der Waals surface area contributed by atoms with Crippen LogP contribution < -0.4 is 14.8 Å². The molecule has 0 aliphatic carbocycles. The number of rotatable bonds is 10. The molecule has 0 saturated heterocycles. The molecule has 0 aliphatic heterocycles. The third-order valence-electron chi connectivity index (χ3n) is 4.57. The summed E-state index contributed by atoms with van der Waals surface area (Å²) in [6.07, 6.45) is 2.01. The van der Waals surface area contributed by atoms with Gasteiger partial charge in [-0.15, -0.1) is 0 Å². The van der Waals surface area contributed by atoms with Crippen molar-refractivity contribution in [2.24, 2.45) is 0 Å². The molecule has 0 fully saturated rings. The molecule has 4 nitrogen and oxygen atoms in total. The second-order valence-corrected chi connectivity index (χ2v) is 6.73. The summed E-state index contributed by atoms with van der Waals surface area (Å²) >= 11 is 0. The Kier molecular flexibility index (Phi) is 8.18. The molecule has 0 spiro atoms. The van der Waals surface area contributed by atoms with Crippen molar-refractivity contribution in [3.8, 4) is 11.5 Å². The Morgan fingerprint density at radius 3 is 2.52 bits per heavy atom. The van der Waals surface area contributed by atoms with Crippen LogP contribution >= 0.6 is 0 Å². The zero-order chi connectivity index (χ0) is 19.6. The van der Waals surface area contributed by atoms with Gasteiger partial charge < -0.3 is 14.8 Å². The summed E-state index contributed by atoms with van der Waals surface area (Å²) in [7, 11) is 0. The number of nitrogens with one attached hydrogen (secondary N) is 1. The minimum absolute atomic E-state index is 0.149. The van der Waals surface area contributed by atoms with Crippen LogP contribution in [0.25, 0.3) is 0 Å². The standard InChI is InChI=1S/C23H31NO3/c1-5-15-26-19-12-10-11-18(16-19)24-23(25)21(7-3)27-22-14-9-8-13-20(22)17(4)6-2/h8-14,16-17,21H,5-7,15H2,1-4H3,(H,24,25). The number of anilines is 1. The number of amides is 1. The summed E-state index contributed by atoms with van der Waals surface area (Å²) in [4.78, 5) is 12.7. The maximum absolute atomic E-state index is 12.7. The third kappa shape index (κ3) is 6.02. The molecule has 27 heavy (non-hydrogen) atoms. The molecule has 1 amide bonds. The van der Waals surface area contributed by atoms with Crippen LogP contribution in [0.5, 0.6) is 11.5 Å². The Balaban J connectivity index is 2.09. The normalized spacial score (nSPS) is 12.9. The fourth-order valence-electron chi connectivity index (χ4n) is 2.80. The van der Waals surface area contributed by atoms with Crippen LogP contribution in [-0.4, -0.2) is 18.6 Å². The van der Waals surface area contributed by atoms with Crippen molar-refractivity contribution < 1.29 is 14.3 Å². The van der Waals surface area contributed by atoms with Gasteiger partial charge in [0.1, 0.15) is 11.5 Å². The van der Waals surface area contributed by atoms with Crippen LogP contribution in [0.2, 0.25) is 0 Å². The van der Waals surface area contributed by atoms with E-state index in [0.29, 0.717) is 24.6 Å². The lowest BCUT2D eigenvalue weighted by atomic mass is 9.98. The number of hydrogen-bond donors (Lipinski definition) is 1. The Labute approximate surface area is 162 Å². The lowest BCUT2D eigenvalue weighted by molar-refractivity contribution is -0.122. The first-order chi connectivity index (χ1) is 13.1. The molecule has 2 unspecified atom stereocenters. The van der Waals surface area contributed by atoms with Gasteiger partial charge in [0.2, 0.25) is 0 Å². The lowest BCUT2D eigenvalue weighted by Gasteiger charge is -2.21. The van der Waals surface area contributed by atoms with E-state index in [2.05, 4.69) is 32.2 Å². The van der Waals surface area contributed by atoms with Gasteiger partial charge in [-0.25, -0.2) is 0 Å². The zero-order valence-electron chi connectivity index (χ0n) is 16.8. The molecule has 0 bridgehead atoms. The molecule has 2 aromatic rings. The van der Waals surface area contributed by atoms with Gasteiger partial charge in [-0.3, -0.25) is 4.79 Å². The molecular formula is C23H31NO3. The summed E-state index contributed by atoms with van der Waals surface area (Å²) in [6.45, 7) is 9.00. The van der Waals surface area contributed by atoms with Gasteiger partial charge in [-0.05, 0) is 48.9 Å². The van der Waals surface area contributed by atoms with Crippen LogP contribution in [0.4, 0.5) is 5.69 Å². The summed E-state index contributed by atoms with van der Waals surface area (Å²) in [5.41, 5.74) is 1.85. The van der Waals surface area contributed by atoms with Crippen LogP contribution in [-0.2, 0) is 4.79 Å². The Hall–Kier alpha value is -2.49. The molecule has 4 heteroatoms. The van der Waals surface area contributed by atoms with Gasteiger partial charge in [0, 0.05) is 11.8 Å². The van der Waals surface area contributed by atoms with Crippen LogP contribution in [0.3, 0.4) is 0 Å². The van der Waals surface area contributed by atoms with E-state index in [-0.39, 0.29) is 5.91 Å². The third-order valence-corrected chi connectivity index (χ3v) is 4.57. The highest BCUT2D eigenvalue weighted by molar-refractivity contribution is 5.94.